The molecule has 5 rings (SSSR count). The lowest BCUT2D eigenvalue weighted by molar-refractivity contribution is 0.0736. The fourth-order valence-corrected chi connectivity index (χ4v) is 5.60. The molecule has 2 amide bonds. The van der Waals surface area contributed by atoms with Crippen molar-refractivity contribution in [3.05, 3.63) is 69.4 Å². The second kappa shape index (κ2) is 9.91. The standard InChI is InChI=1S/C26H26BrN5O2S/c1-16-7-11-18(12-8-16)23-22(29-26(27)35-23)25(34)32(15-17-9-10-17)14-13-28-24(33)21-19-5-3-4-6-20(19)31(2)30-21/h3-8,11-12,17H,9-10,13-15H2,1-2H3,(H,28,33). The molecule has 9 heteroatoms. The Morgan fingerprint density at radius 3 is 2.63 bits per heavy atom. The SMILES string of the molecule is Cc1ccc(-c2sc(Br)nc2C(=O)N(CCNC(=O)c2nn(C)c3ccccc23)CC2CC2)cc1. The van der Waals surface area contributed by atoms with E-state index in [9.17, 15) is 9.59 Å². The average Bonchev–Trinajstić information content (AvgIpc) is 3.50. The van der Waals surface area contributed by atoms with Crippen molar-refractivity contribution in [3.63, 3.8) is 0 Å². The van der Waals surface area contributed by atoms with Crippen molar-refractivity contribution >= 4 is 50.0 Å². The first kappa shape index (κ1) is 23.7. The first-order valence-corrected chi connectivity index (χ1v) is 13.2. The van der Waals surface area contributed by atoms with E-state index in [-0.39, 0.29) is 11.8 Å². The number of nitrogens with zero attached hydrogens (tertiary/aromatic N) is 4. The summed E-state index contributed by atoms with van der Waals surface area (Å²) in [6.07, 6.45) is 2.25. The van der Waals surface area contributed by atoms with E-state index in [1.54, 1.807) is 4.68 Å². The van der Waals surface area contributed by atoms with Crippen LogP contribution in [-0.4, -0.2) is 51.1 Å². The molecule has 0 bridgehead atoms. The highest BCUT2D eigenvalue weighted by Crippen LogP contribution is 2.35. The van der Waals surface area contributed by atoms with Crippen LogP contribution in [0.4, 0.5) is 0 Å². The van der Waals surface area contributed by atoms with Crippen molar-refractivity contribution in [1.29, 1.82) is 0 Å². The summed E-state index contributed by atoms with van der Waals surface area (Å²) >= 11 is 4.93. The predicted octanol–water partition coefficient (Wildman–Crippen LogP) is 5.05. The molecule has 0 unspecified atom stereocenters. The van der Waals surface area contributed by atoms with Gasteiger partial charge >= 0.3 is 0 Å². The summed E-state index contributed by atoms with van der Waals surface area (Å²) < 4.78 is 2.39. The summed E-state index contributed by atoms with van der Waals surface area (Å²) in [6.45, 7) is 3.46. The van der Waals surface area contributed by atoms with E-state index in [4.69, 9.17) is 0 Å². The van der Waals surface area contributed by atoms with E-state index in [2.05, 4.69) is 31.3 Å². The van der Waals surface area contributed by atoms with Crippen molar-refractivity contribution < 1.29 is 9.59 Å². The molecule has 2 aromatic carbocycles. The first-order chi connectivity index (χ1) is 16.9. The number of para-hydroxylation sites is 1. The Bertz CT molecular complexity index is 1390. The zero-order valence-corrected chi connectivity index (χ0v) is 22.0. The number of fused-ring (bicyclic) bond motifs is 1. The number of thiazole rings is 1. The molecule has 1 fully saturated rings. The molecule has 1 aliphatic rings. The smallest absolute Gasteiger partial charge is 0.274 e. The predicted molar refractivity (Wildman–Crippen MR) is 142 cm³/mol. The Morgan fingerprint density at radius 2 is 1.89 bits per heavy atom. The third-order valence-electron chi connectivity index (χ3n) is 6.22. The number of hydrogen-bond acceptors (Lipinski definition) is 5. The van der Waals surface area contributed by atoms with Gasteiger partial charge in [0.05, 0.1) is 10.4 Å². The minimum atomic E-state index is -0.239. The number of nitrogens with one attached hydrogen (secondary N) is 1. The second-order valence-electron chi connectivity index (χ2n) is 8.95. The second-order valence-corrected chi connectivity index (χ2v) is 11.2. The molecule has 0 aliphatic heterocycles. The van der Waals surface area contributed by atoms with Gasteiger partial charge in [-0.05, 0) is 53.2 Å². The van der Waals surface area contributed by atoms with Crippen molar-refractivity contribution in [2.24, 2.45) is 13.0 Å². The maximum absolute atomic E-state index is 13.6. The van der Waals surface area contributed by atoms with Gasteiger partial charge in [-0.1, -0.05) is 48.0 Å². The zero-order valence-electron chi connectivity index (χ0n) is 19.6. The van der Waals surface area contributed by atoms with Crippen molar-refractivity contribution in [1.82, 2.24) is 25.0 Å². The molecule has 0 radical (unpaired) electrons. The Labute approximate surface area is 216 Å². The number of aromatic nitrogens is 3. The highest BCUT2D eigenvalue weighted by atomic mass is 79.9. The van der Waals surface area contributed by atoms with E-state index in [0.29, 0.717) is 40.9 Å². The van der Waals surface area contributed by atoms with E-state index in [1.165, 1.54) is 11.3 Å². The normalized spacial score (nSPS) is 13.2. The number of aryl methyl sites for hydroxylation is 2. The van der Waals surface area contributed by atoms with Gasteiger partial charge in [0.1, 0.15) is 5.69 Å². The van der Waals surface area contributed by atoms with Crippen LogP contribution in [0.2, 0.25) is 0 Å². The number of hydrogen-bond donors (Lipinski definition) is 1. The third kappa shape index (κ3) is 5.16. The average molecular weight is 552 g/mol. The Kier molecular flexibility index (Phi) is 6.71. The summed E-state index contributed by atoms with van der Waals surface area (Å²) in [5.41, 5.74) is 3.89. The van der Waals surface area contributed by atoms with Gasteiger partial charge in [-0.15, -0.1) is 11.3 Å². The number of amides is 2. The molecule has 0 spiro atoms. The molecular formula is C26H26BrN5O2S. The quantitative estimate of drug-likeness (QED) is 0.332. The lowest BCUT2D eigenvalue weighted by Crippen LogP contribution is -2.40. The topological polar surface area (TPSA) is 80.1 Å². The maximum atomic E-state index is 13.6. The first-order valence-electron chi connectivity index (χ1n) is 11.6. The molecule has 7 nitrogen and oxygen atoms in total. The van der Waals surface area contributed by atoms with Crippen LogP contribution in [0, 0.1) is 12.8 Å². The summed E-state index contributed by atoms with van der Waals surface area (Å²) in [5.74, 6) is 0.170. The van der Waals surface area contributed by atoms with E-state index in [1.807, 2.05) is 67.4 Å². The molecule has 35 heavy (non-hydrogen) atoms. The number of carbonyl (C=O) groups excluding carboxylic acids is 2. The largest absolute Gasteiger partial charge is 0.349 e. The molecule has 4 aromatic rings. The third-order valence-corrected chi connectivity index (χ3v) is 7.78. The Balaban J connectivity index is 1.31. The molecule has 2 heterocycles. The fraction of sp³-hybridized carbons (Fsp3) is 0.308. The summed E-state index contributed by atoms with van der Waals surface area (Å²) in [6, 6.07) is 15.8. The zero-order chi connectivity index (χ0) is 24.5. The molecular weight excluding hydrogens is 526 g/mol. The van der Waals surface area contributed by atoms with Gasteiger partial charge < -0.3 is 10.2 Å². The lowest BCUT2D eigenvalue weighted by Gasteiger charge is -2.22. The van der Waals surface area contributed by atoms with Crippen molar-refractivity contribution in [3.8, 4) is 10.4 Å². The van der Waals surface area contributed by atoms with Crippen LogP contribution in [-0.2, 0) is 7.05 Å². The summed E-state index contributed by atoms with van der Waals surface area (Å²) in [7, 11) is 1.83. The molecule has 1 saturated carbocycles. The van der Waals surface area contributed by atoms with Crippen molar-refractivity contribution in [2.45, 2.75) is 19.8 Å². The van der Waals surface area contributed by atoms with Gasteiger partial charge in [0.15, 0.2) is 9.61 Å². The minimum absolute atomic E-state index is 0.105. The van der Waals surface area contributed by atoms with Crippen LogP contribution in [0.1, 0.15) is 39.4 Å². The summed E-state index contributed by atoms with van der Waals surface area (Å²) in [5, 5.41) is 8.16. The fourth-order valence-electron chi connectivity index (χ4n) is 4.15. The summed E-state index contributed by atoms with van der Waals surface area (Å²) in [4.78, 5) is 33.7. The minimum Gasteiger partial charge on any atom is -0.349 e. The lowest BCUT2D eigenvalue weighted by atomic mass is 10.1. The molecule has 1 aliphatic carbocycles. The van der Waals surface area contributed by atoms with Gasteiger partial charge in [0.2, 0.25) is 0 Å². The van der Waals surface area contributed by atoms with Gasteiger partial charge in [-0.25, -0.2) is 4.98 Å². The van der Waals surface area contributed by atoms with Crippen LogP contribution >= 0.6 is 27.3 Å². The van der Waals surface area contributed by atoms with E-state index in [0.717, 1.165) is 39.7 Å². The van der Waals surface area contributed by atoms with E-state index < -0.39 is 0 Å². The number of carbonyl (C=O) groups is 2. The molecule has 2 aromatic heterocycles. The van der Waals surface area contributed by atoms with Gasteiger partial charge in [0.25, 0.3) is 11.8 Å². The van der Waals surface area contributed by atoms with Crippen LogP contribution in [0.3, 0.4) is 0 Å². The highest BCUT2D eigenvalue weighted by Gasteiger charge is 2.30. The molecule has 0 atom stereocenters. The maximum Gasteiger partial charge on any atom is 0.274 e. The van der Waals surface area contributed by atoms with Gasteiger partial charge in [0, 0.05) is 32.1 Å². The van der Waals surface area contributed by atoms with Crippen LogP contribution in [0.5, 0.6) is 0 Å². The molecule has 1 N–H and O–H groups in total. The number of rotatable bonds is 8. The molecule has 180 valence electrons. The van der Waals surface area contributed by atoms with Crippen molar-refractivity contribution in [2.75, 3.05) is 19.6 Å². The Hall–Kier alpha value is -3.04. The monoisotopic (exact) mass is 551 g/mol. The number of benzene rings is 2. The van der Waals surface area contributed by atoms with Crippen LogP contribution in [0.25, 0.3) is 21.3 Å². The molecule has 0 saturated heterocycles. The highest BCUT2D eigenvalue weighted by molar-refractivity contribution is 9.11. The van der Waals surface area contributed by atoms with E-state index >= 15 is 0 Å². The van der Waals surface area contributed by atoms with Crippen LogP contribution in [0.15, 0.2) is 52.4 Å². The van der Waals surface area contributed by atoms with Gasteiger partial charge in [-0.2, -0.15) is 5.10 Å². The Morgan fingerprint density at radius 1 is 1.14 bits per heavy atom. The van der Waals surface area contributed by atoms with Crippen LogP contribution < -0.4 is 5.32 Å². The number of halogens is 1. The van der Waals surface area contributed by atoms with Gasteiger partial charge in [-0.3, -0.25) is 14.3 Å².